The Bertz CT molecular complexity index is 1180. The van der Waals surface area contributed by atoms with Crippen LogP contribution < -0.4 is 15.5 Å². The Morgan fingerprint density at radius 2 is 1.61 bits per heavy atom. The van der Waals surface area contributed by atoms with Crippen LogP contribution in [0.2, 0.25) is 0 Å². The molecule has 0 aliphatic carbocycles. The number of piperazine rings is 1. The SMILES string of the molecule is CC(=O)NCCNc1cc(N2CCN(C(=O)CC=Cc3ccccc3)CC2)nc(-c2ccccc2)n1. The van der Waals surface area contributed by atoms with E-state index in [0.29, 0.717) is 57.3 Å². The first-order valence-electron chi connectivity index (χ1n) is 12.3. The van der Waals surface area contributed by atoms with Gasteiger partial charge in [-0.05, 0) is 5.56 Å². The van der Waals surface area contributed by atoms with Crippen molar-refractivity contribution in [2.45, 2.75) is 13.3 Å². The van der Waals surface area contributed by atoms with E-state index in [-0.39, 0.29) is 11.8 Å². The minimum atomic E-state index is -0.0619. The molecule has 186 valence electrons. The Morgan fingerprint density at radius 3 is 2.31 bits per heavy atom. The molecule has 0 spiro atoms. The van der Waals surface area contributed by atoms with Gasteiger partial charge >= 0.3 is 0 Å². The number of hydrogen-bond acceptors (Lipinski definition) is 6. The van der Waals surface area contributed by atoms with Crippen LogP contribution in [0.5, 0.6) is 0 Å². The van der Waals surface area contributed by atoms with Crippen LogP contribution in [0, 0.1) is 0 Å². The van der Waals surface area contributed by atoms with Gasteiger partial charge in [0.25, 0.3) is 0 Å². The number of amides is 2. The molecule has 0 saturated carbocycles. The van der Waals surface area contributed by atoms with Crippen molar-refractivity contribution < 1.29 is 9.59 Å². The fraction of sp³-hybridized carbons (Fsp3) is 0.286. The maximum atomic E-state index is 12.7. The first-order valence-corrected chi connectivity index (χ1v) is 12.3. The molecule has 1 aliphatic heterocycles. The number of nitrogens with zero attached hydrogens (tertiary/aromatic N) is 4. The molecule has 0 unspecified atom stereocenters. The number of carbonyl (C=O) groups excluding carboxylic acids is 2. The summed E-state index contributed by atoms with van der Waals surface area (Å²) in [6.07, 6.45) is 4.31. The van der Waals surface area contributed by atoms with E-state index in [9.17, 15) is 9.59 Å². The minimum absolute atomic E-state index is 0.0619. The smallest absolute Gasteiger partial charge is 0.226 e. The minimum Gasteiger partial charge on any atom is -0.368 e. The van der Waals surface area contributed by atoms with Gasteiger partial charge in [-0.2, -0.15) is 0 Å². The Kier molecular flexibility index (Phi) is 8.64. The van der Waals surface area contributed by atoms with Gasteiger partial charge in [0.2, 0.25) is 11.8 Å². The van der Waals surface area contributed by atoms with Crippen molar-refractivity contribution in [1.82, 2.24) is 20.2 Å². The molecule has 2 heterocycles. The zero-order valence-corrected chi connectivity index (χ0v) is 20.6. The number of rotatable bonds is 9. The van der Waals surface area contributed by atoms with E-state index in [1.54, 1.807) is 0 Å². The molecule has 0 radical (unpaired) electrons. The maximum absolute atomic E-state index is 12.7. The molecule has 8 heteroatoms. The summed E-state index contributed by atoms with van der Waals surface area (Å²) < 4.78 is 0. The van der Waals surface area contributed by atoms with Gasteiger partial charge in [0, 0.05) is 64.2 Å². The summed E-state index contributed by atoms with van der Waals surface area (Å²) in [5, 5.41) is 6.07. The van der Waals surface area contributed by atoms with Crippen molar-refractivity contribution in [2.75, 3.05) is 49.5 Å². The van der Waals surface area contributed by atoms with Gasteiger partial charge in [0.1, 0.15) is 11.6 Å². The molecule has 3 aromatic rings. The van der Waals surface area contributed by atoms with Gasteiger partial charge in [-0.25, -0.2) is 9.97 Å². The largest absolute Gasteiger partial charge is 0.368 e. The molecule has 1 aliphatic rings. The lowest BCUT2D eigenvalue weighted by atomic mass is 10.2. The van der Waals surface area contributed by atoms with Crippen LogP contribution in [0.25, 0.3) is 17.5 Å². The van der Waals surface area contributed by atoms with Crippen molar-refractivity contribution in [1.29, 1.82) is 0 Å². The number of nitrogens with one attached hydrogen (secondary N) is 2. The van der Waals surface area contributed by atoms with Crippen LogP contribution in [-0.4, -0.2) is 66.0 Å². The van der Waals surface area contributed by atoms with Crippen LogP contribution in [0.3, 0.4) is 0 Å². The molecule has 4 rings (SSSR count). The summed E-state index contributed by atoms with van der Waals surface area (Å²) in [6.45, 7) is 5.26. The highest BCUT2D eigenvalue weighted by atomic mass is 16.2. The summed E-state index contributed by atoms with van der Waals surface area (Å²) in [5.41, 5.74) is 2.03. The zero-order valence-electron chi connectivity index (χ0n) is 20.6. The second kappa shape index (κ2) is 12.5. The van der Waals surface area contributed by atoms with Crippen molar-refractivity contribution in [2.24, 2.45) is 0 Å². The average molecular weight is 485 g/mol. The molecule has 36 heavy (non-hydrogen) atoms. The standard InChI is InChI=1S/C28H32N6O2/c1-22(35)29-15-16-30-25-21-26(32-28(31-25)24-12-6-3-7-13-24)33-17-19-34(20-18-33)27(36)14-8-11-23-9-4-2-5-10-23/h2-13,21H,14-20H2,1H3,(H,29,35)(H,30,31,32). The Morgan fingerprint density at radius 1 is 0.917 bits per heavy atom. The molecular weight excluding hydrogens is 452 g/mol. The topological polar surface area (TPSA) is 90.5 Å². The predicted molar refractivity (Wildman–Crippen MR) is 144 cm³/mol. The zero-order chi connectivity index (χ0) is 25.2. The third-order valence-corrected chi connectivity index (χ3v) is 5.91. The summed E-state index contributed by atoms with van der Waals surface area (Å²) in [5.74, 6) is 2.23. The number of hydrogen-bond donors (Lipinski definition) is 2. The quantitative estimate of drug-likeness (QED) is 0.452. The van der Waals surface area contributed by atoms with E-state index in [4.69, 9.17) is 4.98 Å². The van der Waals surface area contributed by atoms with Crippen molar-refractivity contribution in [3.8, 4) is 11.4 Å². The van der Waals surface area contributed by atoms with Crippen LogP contribution in [0.1, 0.15) is 18.9 Å². The van der Waals surface area contributed by atoms with Crippen molar-refractivity contribution >= 4 is 29.5 Å². The van der Waals surface area contributed by atoms with Gasteiger partial charge in [-0.3, -0.25) is 9.59 Å². The molecule has 8 nitrogen and oxygen atoms in total. The molecule has 2 aromatic carbocycles. The fourth-order valence-corrected chi connectivity index (χ4v) is 4.01. The fourth-order valence-electron chi connectivity index (χ4n) is 4.01. The lowest BCUT2D eigenvalue weighted by molar-refractivity contribution is -0.130. The van der Waals surface area contributed by atoms with Crippen molar-refractivity contribution in [3.63, 3.8) is 0 Å². The normalized spacial score (nSPS) is 13.6. The Balaban J connectivity index is 1.39. The van der Waals surface area contributed by atoms with Crippen LogP contribution >= 0.6 is 0 Å². The van der Waals surface area contributed by atoms with Gasteiger partial charge in [-0.1, -0.05) is 72.8 Å². The van der Waals surface area contributed by atoms with Gasteiger partial charge < -0.3 is 20.4 Å². The van der Waals surface area contributed by atoms with E-state index in [0.717, 1.165) is 16.9 Å². The Hall–Kier alpha value is -4.20. The maximum Gasteiger partial charge on any atom is 0.226 e. The molecule has 0 bridgehead atoms. The molecule has 2 amide bonds. The third kappa shape index (κ3) is 7.15. The lowest BCUT2D eigenvalue weighted by Gasteiger charge is -2.35. The van der Waals surface area contributed by atoms with E-state index < -0.39 is 0 Å². The highest BCUT2D eigenvalue weighted by molar-refractivity contribution is 5.79. The van der Waals surface area contributed by atoms with E-state index in [2.05, 4.69) is 20.5 Å². The van der Waals surface area contributed by atoms with E-state index >= 15 is 0 Å². The van der Waals surface area contributed by atoms with Crippen molar-refractivity contribution in [3.05, 3.63) is 78.4 Å². The first kappa shape index (κ1) is 24.9. The lowest BCUT2D eigenvalue weighted by Crippen LogP contribution is -2.49. The first-order chi connectivity index (χ1) is 17.6. The number of aromatic nitrogens is 2. The predicted octanol–water partition coefficient (Wildman–Crippen LogP) is 3.44. The summed E-state index contributed by atoms with van der Waals surface area (Å²) in [4.78, 5) is 37.5. The second-order valence-corrected chi connectivity index (χ2v) is 8.60. The van der Waals surface area contributed by atoms with Gasteiger partial charge in [-0.15, -0.1) is 0 Å². The molecular formula is C28H32N6O2. The molecule has 1 saturated heterocycles. The van der Waals surface area contributed by atoms with Crippen LogP contribution in [0.15, 0.2) is 72.8 Å². The highest BCUT2D eigenvalue weighted by Crippen LogP contribution is 2.23. The molecule has 2 N–H and O–H groups in total. The molecule has 1 aromatic heterocycles. The number of carbonyl (C=O) groups is 2. The summed E-state index contributed by atoms with van der Waals surface area (Å²) in [7, 11) is 0. The summed E-state index contributed by atoms with van der Waals surface area (Å²) >= 11 is 0. The summed E-state index contributed by atoms with van der Waals surface area (Å²) in [6, 6.07) is 21.8. The van der Waals surface area contributed by atoms with Crippen LogP contribution in [0.4, 0.5) is 11.6 Å². The number of benzene rings is 2. The average Bonchev–Trinajstić information content (AvgIpc) is 2.92. The monoisotopic (exact) mass is 484 g/mol. The Labute approximate surface area is 212 Å². The second-order valence-electron chi connectivity index (χ2n) is 8.60. The van der Waals surface area contributed by atoms with Crippen LogP contribution in [-0.2, 0) is 9.59 Å². The van der Waals surface area contributed by atoms with Gasteiger partial charge in [0.15, 0.2) is 5.82 Å². The van der Waals surface area contributed by atoms with Gasteiger partial charge in [0.05, 0.1) is 0 Å². The third-order valence-electron chi connectivity index (χ3n) is 5.91. The molecule has 0 atom stereocenters. The number of anilines is 2. The van der Waals surface area contributed by atoms with E-state index in [1.165, 1.54) is 6.92 Å². The highest BCUT2D eigenvalue weighted by Gasteiger charge is 2.22. The van der Waals surface area contributed by atoms with E-state index in [1.807, 2.05) is 83.8 Å². The molecule has 1 fully saturated rings.